The number of halogens is 2. The molecule has 1 heterocycles. The van der Waals surface area contributed by atoms with Crippen LogP contribution in [-0.4, -0.2) is 18.3 Å². The second kappa shape index (κ2) is 5.15. The molecule has 0 aliphatic carbocycles. The first-order chi connectivity index (χ1) is 8.88. The van der Waals surface area contributed by atoms with Crippen molar-refractivity contribution in [1.82, 2.24) is 0 Å². The van der Waals surface area contributed by atoms with Gasteiger partial charge in [0.1, 0.15) is 0 Å². The van der Waals surface area contributed by atoms with Gasteiger partial charge in [0.15, 0.2) is 11.6 Å². The maximum Gasteiger partial charge on any atom is 0.309 e. The van der Waals surface area contributed by atoms with Gasteiger partial charge in [-0.15, -0.1) is 0 Å². The fourth-order valence-corrected chi connectivity index (χ4v) is 2.23. The number of benzene rings is 1. The Kier molecular flexibility index (Phi) is 3.90. The largest absolute Gasteiger partial charge is 0.339 e. The molecule has 1 aliphatic heterocycles. The Labute approximate surface area is 111 Å². The highest BCUT2D eigenvalue weighted by atomic mass is 19.2. The van der Waals surface area contributed by atoms with Crippen LogP contribution in [0.25, 0.3) is 0 Å². The van der Waals surface area contributed by atoms with Gasteiger partial charge >= 0.3 is 5.97 Å². The molecule has 0 spiro atoms. The van der Waals surface area contributed by atoms with Gasteiger partial charge in [0.2, 0.25) is 0 Å². The van der Waals surface area contributed by atoms with Gasteiger partial charge in [-0.05, 0) is 24.6 Å². The maximum absolute atomic E-state index is 13.2. The zero-order valence-electron chi connectivity index (χ0n) is 11.1. The molecule has 2 rings (SSSR count). The summed E-state index contributed by atoms with van der Waals surface area (Å²) in [6, 6.07) is 3.08. The Morgan fingerprint density at radius 1 is 1.21 bits per heavy atom. The van der Waals surface area contributed by atoms with Crippen LogP contribution in [0.2, 0.25) is 0 Å². The van der Waals surface area contributed by atoms with Crippen molar-refractivity contribution in [1.29, 1.82) is 0 Å². The molecular formula is C14H18F2O3. The second-order valence-electron chi connectivity index (χ2n) is 5.35. The molecule has 19 heavy (non-hydrogen) atoms. The quantitative estimate of drug-likeness (QED) is 0.919. The summed E-state index contributed by atoms with van der Waals surface area (Å²) in [5.74, 6) is -4.01. The van der Waals surface area contributed by atoms with Crippen LogP contribution >= 0.6 is 0 Å². The lowest BCUT2D eigenvalue weighted by Gasteiger charge is -2.41. The van der Waals surface area contributed by atoms with Crippen LogP contribution in [0.1, 0.15) is 32.3 Å². The molecule has 1 aliphatic rings. The van der Waals surface area contributed by atoms with Crippen LogP contribution < -0.4 is 0 Å². The zero-order chi connectivity index (χ0) is 14.1. The normalized spacial score (nSPS) is 31.4. The molecule has 0 radical (unpaired) electrons. The van der Waals surface area contributed by atoms with E-state index in [0.29, 0.717) is 13.2 Å². The fourth-order valence-electron chi connectivity index (χ4n) is 2.23. The zero-order valence-corrected chi connectivity index (χ0v) is 11.1. The molecule has 1 aromatic carbocycles. The van der Waals surface area contributed by atoms with E-state index in [1.54, 1.807) is 0 Å². The van der Waals surface area contributed by atoms with Gasteiger partial charge in [0.05, 0.1) is 13.2 Å². The summed E-state index contributed by atoms with van der Waals surface area (Å²) in [5.41, 5.74) is -0.107. The van der Waals surface area contributed by atoms with E-state index in [9.17, 15) is 13.9 Å². The SMILES string of the molecule is CCCC1(C)COC(O)(c2ccc(F)c(F)c2)OC1. The van der Waals surface area contributed by atoms with Crippen molar-refractivity contribution in [2.45, 2.75) is 32.7 Å². The first-order valence-corrected chi connectivity index (χ1v) is 6.34. The standard InChI is InChI=1S/C14H18F2O3/c1-3-6-13(2)8-18-14(17,19-9-13)10-4-5-11(15)12(16)7-10/h4-5,7,17H,3,6,8-9H2,1-2H3. The van der Waals surface area contributed by atoms with Gasteiger partial charge in [-0.25, -0.2) is 8.78 Å². The molecule has 0 saturated carbocycles. The molecule has 0 amide bonds. The molecule has 0 aromatic heterocycles. The molecule has 1 saturated heterocycles. The number of hydrogen-bond acceptors (Lipinski definition) is 3. The topological polar surface area (TPSA) is 38.7 Å². The number of aliphatic hydroxyl groups is 1. The van der Waals surface area contributed by atoms with E-state index < -0.39 is 17.6 Å². The predicted molar refractivity (Wildman–Crippen MR) is 65.2 cm³/mol. The van der Waals surface area contributed by atoms with Crippen LogP contribution in [0.15, 0.2) is 18.2 Å². The molecule has 1 N–H and O–H groups in total. The lowest BCUT2D eigenvalue weighted by molar-refractivity contribution is -0.414. The highest BCUT2D eigenvalue weighted by Crippen LogP contribution is 2.37. The van der Waals surface area contributed by atoms with E-state index in [4.69, 9.17) is 9.47 Å². The van der Waals surface area contributed by atoms with E-state index in [-0.39, 0.29) is 11.0 Å². The first-order valence-electron chi connectivity index (χ1n) is 6.34. The van der Waals surface area contributed by atoms with Crippen molar-refractivity contribution >= 4 is 0 Å². The average molecular weight is 272 g/mol. The van der Waals surface area contributed by atoms with Crippen molar-refractivity contribution in [3.63, 3.8) is 0 Å². The minimum atomic E-state index is -2.00. The van der Waals surface area contributed by atoms with Crippen molar-refractivity contribution in [3.05, 3.63) is 35.4 Å². The minimum absolute atomic E-state index is 0.0601. The highest BCUT2D eigenvalue weighted by molar-refractivity contribution is 5.21. The third-order valence-electron chi connectivity index (χ3n) is 3.37. The van der Waals surface area contributed by atoms with Gasteiger partial charge in [0.25, 0.3) is 0 Å². The van der Waals surface area contributed by atoms with E-state index in [0.717, 1.165) is 25.0 Å². The summed E-state index contributed by atoms with van der Waals surface area (Å²) >= 11 is 0. The Morgan fingerprint density at radius 3 is 2.37 bits per heavy atom. The summed E-state index contributed by atoms with van der Waals surface area (Å²) in [6.07, 6.45) is 1.88. The third kappa shape index (κ3) is 2.94. The summed E-state index contributed by atoms with van der Waals surface area (Å²) in [4.78, 5) is 0. The third-order valence-corrected chi connectivity index (χ3v) is 3.37. The van der Waals surface area contributed by atoms with Gasteiger partial charge in [-0.1, -0.05) is 20.3 Å². The maximum atomic E-state index is 13.2. The summed E-state index contributed by atoms with van der Waals surface area (Å²) < 4.78 is 36.8. The Morgan fingerprint density at radius 2 is 1.84 bits per heavy atom. The Balaban J connectivity index is 2.15. The lowest BCUT2D eigenvalue weighted by atomic mass is 9.86. The summed E-state index contributed by atoms with van der Waals surface area (Å²) in [5, 5.41) is 10.2. The Hall–Kier alpha value is -1.04. The minimum Gasteiger partial charge on any atom is -0.339 e. The predicted octanol–water partition coefficient (Wildman–Crippen LogP) is 2.92. The molecule has 106 valence electrons. The van der Waals surface area contributed by atoms with Crippen LogP contribution in [0.4, 0.5) is 8.78 Å². The summed E-state index contributed by atoms with van der Waals surface area (Å²) in [7, 11) is 0. The number of ether oxygens (including phenoxy) is 2. The van der Waals surface area contributed by atoms with Crippen LogP contribution in [0.3, 0.4) is 0 Å². The van der Waals surface area contributed by atoms with Gasteiger partial charge in [-0.3, -0.25) is 0 Å². The fraction of sp³-hybridized carbons (Fsp3) is 0.571. The monoisotopic (exact) mass is 272 g/mol. The van der Waals surface area contributed by atoms with Gasteiger partial charge in [-0.2, -0.15) is 0 Å². The van der Waals surface area contributed by atoms with Gasteiger partial charge < -0.3 is 14.6 Å². The summed E-state index contributed by atoms with van der Waals surface area (Å²) in [6.45, 7) is 4.66. The van der Waals surface area contributed by atoms with Crippen molar-refractivity contribution in [2.75, 3.05) is 13.2 Å². The first kappa shape index (κ1) is 14.4. The smallest absolute Gasteiger partial charge is 0.309 e. The number of hydrogen-bond donors (Lipinski definition) is 1. The average Bonchev–Trinajstić information content (AvgIpc) is 2.37. The van der Waals surface area contributed by atoms with Crippen LogP contribution in [-0.2, 0) is 15.4 Å². The molecule has 0 unspecified atom stereocenters. The van der Waals surface area contributed by atoms with E-state index >= 15 is 0 Å². The molecule has 1 aromatic rings. The van der Waals surface area contributed by atoms with Crippen molar-refractivity contribution in [3.8, 4) is 0 Å². The second-order valence-corrected chi connectivity index (χ2v) is 5.35. The molecular weight excluding hydrogens is 254 g/mol. The van der Waals surface area contributed by atoms with Crippen LogP contribution in [0.5, 0.6) is 0 Å². The van der Waals surface area contributed by atoms with Crippen molar-refractivity contribution in [2.24, 2.45) is 5.41 Å². The highest BCUT2D eigenvalue weighted by Gasteiger charge is 2.42. The van der Waals surface area contributed by atoms with E-state index in [1.165, 1.54) is 6.07 Å². The van der Waals surface area contributed by atoms with Crippen LogP contribution in [0, 0.1) is 17.0 Å². The molecule has 5 heteroatoms. The van der Waals surface area contributed by atoms with Gasteiger partial charge in [0, 0.05) is 11.0 Å². The molecule has 1 fully saturated rings. The van der Waals surface area contributed by atoms with Crippen molar-refractivity contribution < 1.29 is 23.4 Å². The molecule has 0 bridgehead atoms. The Bertz CT molecular complexity index is 454. The molecule has 3 nitrogen and oxygen atoms in total. The number of rotatable bonds is 3. The molecule has 0 atom stereocenters. The van der Waals surface area contributed by atoms with E-state index in [1.807, 2.05) is 6.92 Å². The van der Waals surface area contributed by atoms with E-state index in [2.05, 4.69) is 6.92 Å². The lowest BCUT2D eigenvalue weighted by Crippen LogP contribution is -2.46.